The molecule has 0 amide bonds. The molecule has 2 rings (SSSR count). The van der Waals surface area contributed by atoms with E-state index in [0.717, 1.165) is 31.4 Å². The number of rotatable bonds is 8. The molecule has 0 saturated carbocycles. The van der Waals surface area contributed by atoms with Crippen molar-refractivity contribution < 1.29 is 4.74 Å². The van der Waals surface area contributed by atoms with E-state index in [1.54, 1.807) is 13.3 Å². The van der Waals surface area contributed by atoms with E-state index >= 15 is 0 Å². The van der Waals surface area contributed by atoms with Crippen molar-refractivity contribution in [3.63, 3.8) is 0 Å². The molecule has 0 bridgehead atoms. The first-order chi connectivity index (χ1) is 10.2. The van der Waals surface area contributed by atoms with Gasteiger partial charge in [0.05, 0.1) is 13.3 Å². The van der Waals surface area contributed by atoms with Crippen molar-refractivity contribution in [2.24, 2.45) is 7.05 Å². The van der Waals surface area contributed by atoms with Gasteiger partial charge >= 0.3 is 0 Å². The number of pyridine rings is 1. The van der Waals surface area contributed by atoms with E-state index in [1.807, 2.05) is 24.0 Å². The summed E-state index contributed by atoms with van der Waals surface area (Å²) in [5, 5.41) is 7.81. The molecular formula is C16H24N4O. The van der Waals surface area contributed by atoms with E-state index in [1.165, 1.54) is 5.56 Å². The number of methoxy groups -OCH3 is 1. The predicted octanol–water partition coefficient (Wildman–Crippen LogP) is 2.50. The molecule has 0 fully saturated rings. The van der Waals surface area contributed by atoms with Gasteiger partial charge in [-0.1, -0.05) is 13.0 Å². The van der Waals surface area contributed by atoms with Crippen LogP contribution in [0.3, 0.4) is 0 Å². The lowest BCUT2D eigenvalue weighted by Gasteiger charge is -2.20. The molecule has 0 aliphatic heterocycles. The van der Waals surface area contributed by atoms with Crippen LogP contribution in [0.1, 0.15) is 36.9 Å². The highest BCUT2D eigenvalue weighted by atomic mass is 16.5. The lowest BCUT2D eigenvalue weighted by Crippen LogP contribution is -2.23. The molecule has 1 unspecified atom stereocenters. The summed E-state index contributed by atoms with van der Waals surface area (Å²) in [6, 6.07) is 4.29. The van der Waals surface area contributed by atoms with E-state index in [9.17, 15) is 0 Å². The minimum atomic E-state index is 0.244. The average molecular weight is 288 g/mol. The molecule has 0 spiro atoms. The molecule has 2 heterocycles. The van der Waals surface area contributed by atoms with Gasteiger partial charge in [0.15, 0.2) is 0 Å². The van der Waals surface area contributed by atoms with Crippen LogP contribution >= 0.6 is 0 Å². The van der Waals surface area contributed by atoms with E-state index in [4.69, 9.17) is 4.74 Å². The van der Waals surface area contributed by atoms with Crippen LogP contribution in [0.15, 0.2) is 30.7 Å². The Bertz CT molecular complexity index is 553. The van der Waals surface area contributed by atoms with E-state index < -0.39 is 0 Å². The Morgan fingerprint density at radius 3 is 2.95 bits per heavy atom. The van der Waals surface area contributed by atoms with Crippen LogP contribution in [0.2, 0.25) is 0 Å². The van der Waals surface area contributed by atoms with E-state index in [0.29, 0.717) is 5.88 Å². The van der Waals surface area contributed by atoms with Crippen LogP contribution in [-0.4, -0.2) is 28.4 Å². The summed E-state index contributed by atoms with van der Waals surface area (Å²) in [7, 11) is 3.62. The van der Waals surface area contributed by atoms with Crippen LogP contribution in [0, 0.1) is 0 Å². The Balaban J connectivity index is 2.09. The second-order valence-corrected chi connectivity index (χ2v) is 5.17. The maximum absolute atomic E-state index is 5.39. The lowest BCUT2D eigenvalue weighted by molar-refractivity contribution is 0.379. The summed E-state index contributed by atoms with van der Waals surface area (Å²) in [5.41, 5.74) is 2.38. The van der Waals surface area contributed by atoms with Crippen molar-refractivity contribution in [2.45, 2.75) is 32.2 Å². The van der Waals surface area contributed by atoms with Crippen molar-refractivity contribution in [3.05, 3.63) is 41.9 Å². The van der Waals surface area contributed by atoms with Gasteiger partial charge in [0, 0.05) is 31.0 Å². The van der Waals surface area contributed by atoms with E-state index in [-0.39, 0.29) is 6.04 Å². The third-order valence-electron chi connectivity index (χ3n) is 3.49. The van der Waals surface area contributed by atoms with Crippen molar-refractivity contribution in [2.75, 3.05) is 13.7 Å². The minimum Gasteiger partial charge on any atom is -0.481 e. The van der Waals surface area contributed by atoms with Crippen molar-refractivity contribution in [3.8, 4) is 5.88 Å². The molecule has 5 nitrogen and oxygen atoms in total. The molecule has 2 aromatic rings. The molecule has 0 aliphatic carbocycles. The fourth-order valence-electron chi connectivity index (χ4n) is 2.44. The number of nitrogens with zero attached hydrogens (tertiary/aromatic N) is 3. The van der Waals surface area contributed by atoms with Crippen LogP contribution in [0.4, 0.5) is 0 Å². The molecule has 0 radical (unpaired) electrons. The zero-order chi connectivity index (χ0) is 15.1. The summed E-state index contributed by atoms with van der Waals surface area (Å²) >= 11 is 0. The quantitative estimate of drug-likeness (QED) is 0.811. The number of aryl methyl sites for hydroxylation is 2. The number of nitrogens with one attached hydrogen (secondary N) is 1. The number of hydrogen-bond acceptors (Lipinski definition) is 4. The van der Waals surface area contributed by atoms with Crippen molar-refractivity contribution in [1.29, 1.82) is 0 Å². The predicted molar refractivity (Wildman–Crippen MR) is 83.4 cm³/mol. The summed E-state index contributed by atoms with van der Waals surface area (Å²) in [4.78, 5) is 4.31. The fraction of sp³-hybridized carbons (Fsp3) is 0.500. The van der Waals surface area contributed by atoms with Crippen LogP contribution < -0.4 is 10.1 Å². The summed E-state index contributed by atoms with van der Waals surface area (Å²) in [6.07, 6.45) is 8.84. The zero-order valence-electron chi connectivity index (χ0n) is 13.0. The molecule has 2 aromatic heterocycles. The molecule has 114 valence electrons. The lowest BCUT2D eigenvalue weighted by atomic mass is 10.0. The zero-order valence-corrected chi connectivity index (χ0v) is 13.0. The molecular weight excluding hydrogens is 264 g/mol. The topological polar surface area (TPSA) is 52.0 Å². The number of hydrogen-bond donors (Lipinski definition) is 1. The van der Waals surface area contributed by atoms with Crippen molar-refractivity contribution in [1.82, 2.24) is 20.1 Å². The SMILES string of the molecule is CCCNC(CCc1cnn(C)c1)c1cccnc1OC. The van der Waals surface area contributed by atoms with Crippen LogP contribution in [-0.2, 0) is 13.5 Å². The van der Waals surface area contributed by atoms with Gasteiger partial charge in [-0.2, -0.15) is 5.10 Å². The normalized spacial score (nSPS) is 12.3. The van der Waals surface area contributed by atoms with Gasteiger partial charge < -0.3 is 10.1 Å². The number of aromatic nitrogens is 3. The summed E-state index contributed by atoms with van der Waals surface area (Å²) in [6.45, 7) is 3.15. The minimum absolute atomic E-state index is 0.244. The third kappa shape index (κ3) is 4.29. The molecule has 0 saturated heterocycles. The second kappa shape index (κ2) is 7.78. The summed E-state index contributed by atoms with van der Waals surface area (Å²) < 4.78 is 7.24. The molecule has 5 heteroatoms. The van der Waals surface area contributed by atoms with Gasteiger partial charge in [-0.25, -0.2) is 4.98 Å². The van der Waals surface area contributed by atoms with Gasteiger partial charge in [-0.05, 0) is 37.4 Å². The first-order valence-electron chi connectivity index (χ1n) is 7.44. The highest BCUT2D eigenvalue weighted by molar-refractivity contribution is 5.29. The maximum Gasteiger partial charge on any atom is 0.217 e. The first kappa shape index (κ1) is 15.5. The Morgan fingerprint density at radius 2 is 2.29 bits per heavy atom. The van der Waals surface area contributed by atoms with Crippen molar-refractivity contribution >= 4 is 0 Å². The monoisotopic (exact) mass is 288 g/mol. The Hall–Kier alpha value is -1.88. The third-order valence-corrected chi connectivity index (χ3v) is 3.49. The number of ether oxygens (including phenoxy) is 1. The smallest absolute Gasteiger partial charge is 0.217 e. The molecule has 21 heavy (non-hydrogen) atoms. The molecule has 0 aliphatic rings. The average Bonchev–Trinajstić information content (AvgIpc) is 2.93. The van der Waals surface area contributed by atoms with Crippen LogP contribution in [0.5, 0.6) is 5.88 Å². The second-order valence-electron chi connectivity index (χ2n) is 5.17. The highest BCUT2D eigenvalue weighted by Gasteiger charge is 2.16. The first-order valence-corrected chi connectivity index (χ1v) is 7.44. The fourth-order valence-corrected chi connectivity index (χ4v) is 2.44. The highest BCUT2D eigenvalue weighted by Crippen LogP contribution is 2.26. The van der Waals surface area contributed by atoms with Gasteiger partial charge in [-0.3, -0.25) is 4.68 Å². The largest absolute Gasteiger partial charge is 0.481 e. The van der Waals surface area contributed by atoms with Gasteiger partial charge in [-0.15, -0.1) is 0 Å². The van der Waals surface area contributed by atoms with E-state index in [2.05, 4.69) is 34.6 Å². The standard InChI is InChI=1S/C16H24N4O/c1-4-9-17-15(8-7-13-11-19-20(2)12-13)14-6-5-10-18-16(14)21-3/h5-6,10-12,15,17H,4,7-9H2,1-3H3. The molecule has 1 atom stereocenters. The van der Waals surface area contributed by atoms with Gasteiger partial charge in [0.25, 0.3) is 0 Å². The van der Waals surface area contributed by atoms with Gasteiger partial charge in [0.1, 0.15) is 0 Å². The Morgan fingerprint density at radius 1 is 1.43 bits per heavy atom. The molecule has 0 aromatic carbocycles. The summed E-state index contributed by atoms with van der Waals surface area (Å²) in [5.74, 6) is 0.706. The maximum atomic E-state index is 5.39. The Labute approximate surface area is 126 Å². The Kier molecular flexibility index (Phi) is 5.75. The van der Waals surface area contributed by atoms with Gasteiger partial charge in [0.2, 0.25) is 5.88 Å². The van der Waals surface area contributed by atoms with Crippen LogP contribution in [0.25, 0.3) is 0 Å². The molecule has 1 N–H and O–H groups in total.